The van der Waals surface area contributed by atoms with Crippen LogP contribution in [0.2, 0.25) is 0 Å². The molecular formula is C21H34N6O2. The number of likely N-dealkylation sites (tertiary alicyclic amines) is 1. The highest BCUT2D eigenvalue weighted by atomic mass is 16.6. The summed E-state index contributed by atoms with van der Waals surface area (Å²) in [6.07, 6.45) is 4.45. The molecule has 0 bridgehead atoms. The second-order valence-corrected chi connectivity index (χ2v) is 9.25. The Morgan fingerprint density at radius 2 is 2.00 bits per heavy atom. The first-order valence-corrected chi connectivity index (χ1v) is 10.4. The molecule has 0 unspecified atom stereocenters. The minimum Gasteiger partial charge on any atom is -0.444 e. The van der Waals surface area contributed by atoms with Gasteiger partial charge in [-0.05, 0) is 46.8 Å². The van der Waals surface area contributed by atoms with Gasteiger partial charge in [0.15, 0.2) is 5.82 Å². The highest BCUT2D eigenvalue weighted by molar-refractivity contribution is 5.68. The summed E-state index contributed by atoms with van der Waals surface area (Å²) in [6.45, 7) is 15.6. The molecular weight excluding hydrogens is 368 g/mol. The highest BCUT2D eigenvalue weighted by Crippen LogP contribution is 2.41. The van der Waals surface area contributed by atoms with Gasteiger partial charge < -0.3 is 9.64 Å². The first-order chi connectivity index (χ1) is 13.6. The molecule has 1 amide bonds. The van der Waals surface area contributed by atoms with Crippen LogP contribution in [0.25, 0.3) is 0 Å². The van der Waals surface area contributed by atoms with Crippen molar-refractivity contribution < 1.29 is 9.53 Å². The van der Waals surface area contributed by atoms with Gasteiger partial charge in [-0.2, -0.15) is 0 Å². The van der Waals surface area contributed by atoms with Crippen LogP contribution >= 0.6 is 0 Å². The maximum atomic E-state index is 12.3. The van der Waals surface area contributed by atoms with E-state index in [4.69, 9.17) is 4.74 Å². The van der Waals surface area contributed by atoms with Gasteiger partial charge in [0.2, 0.25) is 0 Å². The topological polar surface area (TPSA) is 74.2 Å². The molecule has 2 saturated heterocycles. The number of piperidine rings is 1. The van der Waals surface area contributed by atoms with Gasteiger partial charge in [0.1, 0.15) is 11.3 Å². The Balaban J connectivity index is 1.51. The molecule has 29 heavy (non-hydrogen) atoms. The third kappa shape index (κ3) is 5.11. The molecule has 8 heteroatoms. The predicted molar refractivity (Wildman–Crippen MR) is 113 cm³/mol. The van der Waals surface area contributed by atoms with E-state index in [0.29, 0.717) is 17.8 Å². The summed E-state index contributed by atoms with van der Waals surface area (Å²) >= 11 is 0. The molecule has 0 atom stereocenters. The van der Waals surface area contributed by atoms with Gasteiger partial charge in [-0.15, -0.1) is 0 Å². The van der Waals surface area contributed by atoms with Crippen molar-refractivity contribution in [3.8, 4) is 0 Å². The zero-order valence-electron chi connectivity index (χ0n) is 18.4. The first kappa shape index (κ1) is 21.6. The van der Waals surface area contributed by atoms with Crippen LogP contribution in [-0.4, -0.2) is 76.5 Å². The first-order valence-electron chi connectivity index (χ1n) is 10.4. The average Bonchev–Trinajstić information content (AvgIpc) is 2.64. The maximum Gasteiger partial charge on any atom is 0.410 e. The summed E-state index contributed by atoms with van der Waals surface area (Å²) in [6, 6.07) is 0. The number of aliphatic imine (C=N–C) groups is 1. The predicted octanol–water partition coefficient (Wildman–Crippen LogP) is 3.05. The van der Waals surface area contributed by atoms with Crippen LogP contribution in [0.4, 0.5) is 10.6 Å². The van der Waals surface area contributed by atoms with Crippen molar-refractivity contribution in [1.29, 1.82) is 0 Å². The molecule has 2 fully saturated rings. The lowest BCUT2D eigenvalue weighted by molar-refractivity contribution is -0.160. The van der Waals surface area contributed by atoms with Crippen LogP contribution in [0, 0.1) is 5.41 Å². The smallest absolute Gasteiger partial charge is 0.410 e. The van der Waals surface area contributed by atoms with Gasteiger partial charge in [-0.25, -0.2) is 24.8 Å². The van der Waals surface area contributed by atoms with Crippen molar-refractivity contribution in [2.75, 3.05) is 33.2 Å². The Kier molecular flexibility index (Phi) is 6.24. The zero-order chi connectivity index (χ0) is 21.2. The molecule has 0 aliphatic carbocycles. The molecule has 160 valence electrons. The van der Waals surface area contributed by atoms with E-state index >= 15 is 0 Å². The lowest BCUT2D eigenvalue weighted by Gasteiger charge is -2.56. The third-order valence-corrected chi connectivity index (χ3v) is 5.76. The van der Waals surface area contributed by atoms with Crippen LogP contribution in [0.5, 0.6) is 0 Å². The Labute approximate surface area is 173 Å². The number of amides is 1. The number of carbonyl (C=O) groups is 1. The van der Waals surface area contributed by atoms with E-state index in [9.17, 15) is 4.79 Å². The maximum absolute atomic E-state index is 12.3. The Bertz CT molecular complexity index is 744. The van der Waals surface area contributed by atoms with Gasteiger partial charge in [-0.1, -0.05) is 6.92 Å². The number of ether oxygens (including phenoxy) is 1. The van der Waals surface area contributed by atoms with E-state index in [2.05, 4.69) is 45.7 Å². The van der Waals surface area contributed by atoms with Crippen LogP contribution in [-0.2, 0) is 17.7 Å². The summed E-state index contributed by atoms with van der Waals surface area (Å²) in [5.74, 6) is 0.606. The van der Waals surface area contributed by atoms with Gasteiger partial charge in [0.05, 0.1) is 18.4 Å². The summed E-state index contributed by atoms with van der Waals surface area (Å²) in [7, 11) is 2.08. The largest absolute Gasteiger partial charge is 0.444 e. The second-order valence-electron chi connectivity index (χ2n) is 9.25. The molecule has 0 N–H and O–H groups in total. The number of aryl methyl sites for hydroxylation is 1. The molecule has 1 spiro atoms. The quantitative estimate of drug-likeness (QED) is 0.705. The normalized spacial score (nSPS) is 19.3. The van der Waals surface area contributed by atoms with Crippen molar-refractivity contribution in [3.63, 3.8) is 0 Å². The molecule has 1 aromatic rings. The Morgan fingerprint density at radius 1 is 1.34 bits per heavy atom. The standard InChI is InChI=1S/C21H34N6O2/c1-7-16-12-23-18(22-5)17(24-16)13-25(6)27-14-21(15-27)8-10-26(11-9-21)19(28)29-20(2,3)4/h12H,5,7-11,13-15H2,1-4,6H3. The number of nitrogens with zero attached hydrogens (tertiary/aromatic N) is 6. The van der Waals surface area contributed by atoms with Gasteiger partial charge in [-0.3, -0.25) is 4.98 Å². The van der Waals surface area contributed by atoms with Crippen LogP contribution in [0.1, 0.15) is 51.9 Å². The average molecular weight is 403 g/mol. The molecule has 0 radical (unpaired) electrons. The van der Waals surface area contributed by atoms with E-state index in [0.717, 1.165) is 56.8 Å². The SMILES string of the molecule is C=Nc1ncc(CC)nc1CN(C)N1CC2(CCN(C(=O)OC(C)(C)C)CC2)C1. The van der Waals surface area contributed by atoms with E-state index in [1.54, 1.807) is 6.20 Å². The lowest BCUT2D eigenvalue weighted by Crippen LogP contribution is -2.64. The van der Waals surface area contributed by atoms with E-state index in [1.807, 2.05) is 25.7 Å². The summed E-state index contributed by atoms with van der Waals surface area (Å²) in [5, 5.41) is 4.54. The summed E-state index contributed by atoms with van der Waals surface area (Å²) in [5.41, 5.74) is 1.68. The fourth-order valence-electron chi connectivity index (χ4n) is 3.96. The molecule has 0 saturated carbocycles. The number of hydrazine groups is 1. The highest BCUT2D eigenvalue weighted by Gasteiger charge is 2.47. The number of aromatic nitrogens is 2. The van der Waals surface area contributed by atoms with Crippen molar-refractivity contribution in [2.45, 2.75) is 59.1 Å². The van der Waals surface area contributed by atoms with E-state index in [-0.39, 0.29) is 6.09 Å². The van der Waals surface area contributed by atoms with Crippen molar-refractivity contribution in [2.24, 2.45) is 10.4 Å². The minimum absolute atomic E-state index is 0.195. The molecule has 3 heterocycles. The fraction of sp³-hybridized carbons (Fsp3) is 0.714. The second kappa shape index (κ2) is 8.36. The number of hydrogen-bond acceptors (Lipinski definition) is 7. The summed E-state index contributed by atoms with van der Waals surface area (Å²) in [4.78, 5) is 27.2. The summed E-state index contributed by atoms with van der Waals surface area (Å²) < 4.78 is 5.50. The molecule has 0 aromatic carbocycles. The zero-order valence-corrected chi connectivity index (χ0v) is 18.4. The molecule has 2 aliphatic rings. The molecule has 8 nitrogen and oxygen atoms in total. The third-order valence-electron chi connectivity index (χ3n) is 5.76. The molecule has 1 aromatic heterocycles. The van der Waals surface area contributed by atoms with Gasteiger partial charge >= 0.3 is 6.09 Å². The van der Waals surface area contributed by atoms with E-state index < -0.39 is 5.60 Å². The molecule has 2 aliphatic heterocycles. The minimum atomic E-state index is -0.445. The number of hydrogen-bond donors (Lipinski definition) is 0. The van der Waals surface area contributed by atoms with Crippen LogP contribution in [0.15, 0.2) is 11.2 Å². The van der Waals surface area contributed by atoms with Crippen molar-refractivity contribution in [3.05, 3.63) is 17.6 Å². The number of rotatable bonds is 5. The number of carbonyl (C=O) groups excluding carboxylic acids is 1. The Hall–Kier alpha value is -2.06. The fourth-order valence-corrected chi connectivity index (χ4v) is 3.96. The Morgan fingerprint density at radius 3 is 2.55 bits per heavy atom. The van der Waals surface area contributed by atoms with Gasteiger partial charge in [0, 0.05) is 38.6 Å². The van der Waals surface area contributed by atoms with E-state index in [1.165, 1.54) is 0 Å². The van der Waals surface area contributed by atoms with Crippen LogP contribution in [0.3, 0.4) is 0 Å². The van der Waals surface area contributed by atoms with Crippen molar-refractivity contribution >= 4 is 18.6 Å². The monoisotopic (exact) mass is 402 g/mol. The molecule has 3 rings (SSSR count). The van der Waals surface area contributed by atoms with Crippen molar-refractivity contribution in [1.82, 2.24) is 24.9 Å². The van der Waals surface area contributed by atoms with Gasteiger partial charge in [0.25, 0.3) is 0 Å². The lowest BCUT2D eigenvalue weighted by atomic mass is 9.73. The van der Waals surface area contributed by atoms with Crippen LogP contribution < -0.4 is 0 Å².